The summed E-state index contributed by atoms with van der Waals surface area (Å²) in [6, 6.07) is 61.9. The van der Waals surface area contributed by atoms with E-state index >= 15 is 0 Å². The van der Waals surface area contributed by atoms with E-state index in [4.69, 9.17) is 4.74 Å². The zero-order valence-electron chi connectivity index (χ0n) is 25.5. The van der Waals surface area contributed by atoms with Gasteiger partial charge in [-0.1, -0.05) is 109 Å². The Kier molecular flexibility index (Phi) is 6.10. The van der Waals surface area contributed by atoms with Crippen LogP contribution in [0.3, 0.4) is 0 Å². The standard InChI is InChI=1S/C44H28N2O/c45-29-30-20-23-40-36(26-30)37-27-31(21-24-41(37)46(40)35-16-8-3-9-17-35)32-22-25-43-39(28-32)44(33-12-4-1-5-13-33,34-14-6-2-7-15-34)38-18-10-11-19-42(38)47-43/h1-28H. The van der Waals surface area contributed by atoms with Crippen molar-refractivity contribution in [3.63, 3.8) is 0 Å². The molecule has 8 aromatic rings. The van der Waals surface area contributed by atoms with Gasteiger partial charge in [-0.25, -0.2) is 0 Å². The Morgan fingerprint density at radius 2 is 1.04 bits per heavy atom. The first kappa shape index (κ1) is 27.0. The number of aromatic nitrogens is 1. The third-order valence-electron chi connectivity index (χ3n) is 9.55. The van der Waals surface area contributed by atoms with E-state index < -0.39 is 5.41 Å². The summed E-state index contributed by atoms with van der Waals surface area (Å²) in [5, 5.41) is 11.9. The highest BCUT2D eigenvalue weighted by Crippen LogP contribution is 2.55. The fourth-order valence-corrected chi connectivity index (χ4v) is 7.51. The number of fused-ring (bicyclic) bond motifs is 5. The average Bonchev–Trinajstić information content (AvgIpc) is 3.47. The molecule has 9 rings (SSSR count). The van der Waals surface area contributed by atoms with E-state index in [-0.39, 0.29) is 0 Å². The monoisotopic (exact) mass is 600 g/mol. The second kappa shape index (κ2) is 10.6. The topological polar surface area (TPSA) is 37.9 Å². The number of benzene rings is 7. The molecule has 0 fully saturated rings. The average molecular weight is 601 g/mol. The molecule has 3 nitrogen and oxygen atoms in total. The number of nitrogens with zero attached hydrogens (tertiary/aromatic N) is 2. The van der Waals surface area contributed by atoms with Crippen molar-refractivity contribution < 1.29 is 4.74 Å². The Morgan fingerprint density at radius 1 is 0.489 bits per heavy atom. The molecule has 1 aliphatic heterocycles. The van der Waals surface area contributed by atoms with Gasteiger partial charge in [0.1, 0.15) is 11.5 Å². The van der Waals surface area contributed by atoms with Gasteiger partial charge in [0.05, 0.1) is 28.1 Å². The fourth-order valence-electron chi connectivity index (χ4n) is 7.51. The lowest BCUT2D eigenvalue weighted by Crippen LogP contribution is -2.34. The Labute approximate surface area is 273 Å². The predicted octanol–water partition coefficient (Wildman–Crippen LogP) is 10.8. The van der Waals surface area contributed by atoms with Gasteiger partial charge < -0.3 is 9.30 Å². The van der Waals surface area contributed by atoms with Gasteiger partial charge in [-0.3, -0.25) is 0 Å². The molecule has 0 saturated carbocycles. The van der Waals surface area contributed by atoms with Crippen LogP contribution in [-0.4, -0.2) is 4.57 Å². The van der Waals surface area contributed by atoms with E-state index in [9.17, 15) is 5.26 Å². The Hall–Kier alpha value is -6.37. The van der Waals surface area contributed by atoms with Crippen molar-refractivity contribution >= 4 is 21.8 Å². The van der Waals surface area contributed by atoms with E-state index in [0.717, 1.165) is 61.2 Å². The molecule has 3 heteroatoms. The van der Waals surface area contributed by atoms with E-state index in [0.29, 0.717) is 5.56 Å². The number of nitriles is 1. The van der Waals surface area contributed by atoms with Gasteiger partial charge in [-0.15, -0.1) is 0 Å². The van der Waals surface area contributed by atoms with Crippen LogP contribution in [0.15, 0.2) is 170 Å². The highest BCUT2D eigenvalue weighted by molar-refractivity contribution is 6.11. The van der Waals surface area contributed by atoms with Gasteiger partial charge in [0, 0.05) is 27.6 Å². The third-order valence-corrected chi connectivity index (χ3v) is 9.55. The largest absolute Gasteiger partial charge is 0.457 e. The van der Waals surface area contributed by atoms with Crippen molar-refractivity contribution in [1.82, 2.24) is 4.57 Å². The molecule has 2 heterocycles. The summed E-state index contributed by atoms with van der Waals surface area (Å²) < 4.78 is 8.92. The molecule has 0 N–H and O–H groups in total. The maximum absolute atomic E-state index is 9.78. The van der Waals surface area contributed by atoms with Crippen LogP contribution in [0, 0.1) is 11.3 Å². The Balaban J connectivity index is 1.31. The van der Waals surface area contributed by atoms with Crippen LogP contribution in [0.5, 0.6) is 11.5 Å². The molecule has 0 amide bonds. The lowest BCUT2D eigenvalue weighted by Gasteiger charge is -2.41. The summed E-state index contributed by atoms with van der Waals surface area (Å²) in [5.74, 6) is 1.71. The van der Waals surface area contributed by atoms with E-state index in [2.05, 4.69) is 156 Å². The van der Waals surface area contributed by atoms with Gasteiger partial charge in [-0.2, -0.15) is 5.26 Å². The first-order valence-corrected chi connectivity index (χ1v) is 15.8. The van der Waals surface area contributed by atoms with Crippen LogP contribution in [0.2, 0.25) is 0 Å². The summed E-state index contributed by atoms with van der Waals surface area (Å²) in [5.41, 5.74) is 10.1. The van der Waals surface area contributed by atoms with Gasteiger partial charge in [0.25, 0.3) is 0 Å². The van der Waals surface area contributed by atoms with Crippen molar-refractivity contribution in [2.75, 3.05) is 0 Å². The molecule has 0 atom stereocenters. The Morgan fingerprint density at radius 3 is 1.74 bits per heavy atom. The molecule has 0 radical (unpaired) electrons. The van der Waals surface area contributed by atoms with E-state index in [1.54, 1.807) is 0 Å². The van der Waals surface area contributed by atoms with Gasteiger partial charge in [0.15, 0.2) is 0 Å². The number of hydrogen-bond acceptors (Lipinski definition) is 2. The first-order valence-electron chi connectivity index (χ1n) is 15.8. The second-order valence-corrected chi connectivity index (χ2v) is 12.0. The molecular weight excluding hydrogens is 572 g/mol. The summed E-state index contributed by atoms with van der Waals surface area (Å²) >= 11 is 0. The molecule has 1 aliphatic rings. The highest BCUT2D eigenvalue weighted by atomic mass is 16.5. The van der Waals surface area contributed by atoms with E-state index in [1.165, 1.54) is 11.1 Å². The van der Waals surface area contributed by atoms with Crippen LogP contribution in [-0.2, 0) is 5.41 Å². The van der Waals surface area contributed by atoms with Gasteiger partial charge >= 0.3 is 0 Å². The molecule has 1 aromatic heterocycles. The highest BCUT2D eigenvalue weighted by Gasteiger charge is 2.45. The minimum absolute atomic E-state index is 0.585. The number of hydrogen-bond donors (Lipinski definition) is 0. The van der Waals surface area contributed by atoms with Crippen molar-refractivity contribution in [3.05, 3.63) is 198 Å². The predicted molar refractivity (Wildman–Crippen MR) is 189 cm³/mol. The van der Waals surface area contributed by atoms with Gasteiger partial charge in [-0.05, 0) is 82.9 Å². The maximum Gasteiger partial charge on any atom is 0.132 e. The maximum atomic E-state index is 9.78. The lowest BCUT2D eigenvalue weighted by molar-refractivity contribution is 0.434. The minimum Gasteiger partial charge on any atom is -0.457 e. The molecule has 0 saturated heterocycles. The van der Waals surface area contributed by atoms with Crippen LogP contribution < -0.4 is 4.74 Å². The number of ether oxygens (including phenoxy) is 1. The van der Waals surface area contributed by atoms with Crippen LogP contribution in [0.25, 0.3) is 38.6 Å². The quantitative estimate of drug-likeness (QED) is 0.202. The van der Waals surface area contributed by atoms with Crippen LogP contribution in [0.1, 0.15) is 27.8 Å². The molecule has 7 aromatic carbocycles. The zero-order chi connectivity index (χ0) is 31.4. The summed E-state index contributed by atoms with van der Waals surface area (Å²) in [7, 11) is 0. The van der Waals surface area contributed by atoms with Crippen LogP contribution in [0.4, 0.5) is 0 Å². The van der Waals surface area contributed by atoms with Crippen molar-refractivity contribution in [3.8, 4) is 34.4 Å². The summed E-state index contributed by atoms with van der Waals surface area (Å²) in [6.45, 7) is 0. The zero-order valence-corrected chi connectivity index (χ0v) is 25.5. The van der Waals surface area contributed by atoms with Crippen molar-refractivity contribution in [1.29, 1.82) is 5.26 Å². The third kappa shape index (κ3) is 4.06. The lowest BCUT2D eigenvalue weighted by atomic mass is 9.63. The smallest absolute Gasteiger partial charge is 0.132 e. The summed E-state index contributed by atoms with van der Waals surface area (Å²) in [4.78, 5) is 0. The molecule has 0 bridgehead atoms. The Bertz CT molecular complexity index is 2450. The first-order chi connectivity index (χ1) is 23.3. The van der Waals surface area contributed by atoms with Gasteiger partial charge in [0.2, 0.25) is 0 Å². The molecule has 0 aliphatic carbocycles. The SMILES string of the molecule is N#Cc1ccc2c(c1)c1cc(-c3ccc4c(c3)C(c3ccccc3)(c3ccccc3)c3ccccc3O4)ccc1n2-c1ccccc1. The molecule has 47 heavy (non-hydrogen) atoms. The molecule has 0 unspecified atom stereocenters. The molecule has 0 spiro atoms. The molecule has 220 valence electrons. The molecular formula is C44H28N2O. The number of rotatable bonds is 4. The van der Waals surface area contributed by atoms with Crippen LogP contribution >= 0.6 is 0 Å². The number of para-hydroxylation sites is 2. The second-order valence-electron chi connectivity index (χ2n) is 12.0. The minimum atomic E-state index is -0.585. The van der Waals surface area contributed by atoms with Crippen molar-refractivity contribution in [2.45, 2.75) is 5.41 Å². The normalized spacial score (nSPS) is 13.0. The fraction of sp³-hybridized carbons (Fsp3) is 0.0227. The van der Waals surface area contributed by atoms with Crippen molar-refractivity contribution in [2.24, 2.45) is 0 Å². The van der Waals surface area contributed by atoms with E-state index in [1.807, 2.05) is 24.3 Å². The summed E-state index contributed by atoms with van der Waals surface area (Å²) in [6.07, 6.45) is 0.